The SMILES string of the molecule is CCC(N)Cc1cc(OCCC(=O)NC2CC2)ccc1Br. The first kappa shape index (κ1) is 16.3. The van der Waals surface area contributed by atoms with Gasteiger partial charge in [0.2, 0.25) is 5.91 Å². The number of carbonyl (C=O) groups is 1. The van der Waals surface area contributed by atoms with Gasteiger partial charge in [-0.05, 0) is 49.4 Å². The predicted molar refractivity (Wildman–Crippen MR) is 87.4 cm³/mol. The van der Waals surface area contributed by atoms with E-state index in [9.17, 15) is 4.79 Å². The molecule has 0 saturated heterocycles. The Bertz CT molecular complexity index is 489. The molecule has 0 radical (unpaired) electrons. The van der Waals surface area contributed by atoms with E-state index in [1.54, 1.807) is 0 Å². The van der Waals surface area contributed by atoms with E-state index >= 15 is 0 Å². The molecule has 0 spiro atoms. The topological polar surface area (TPSA) is 64.3 Å². The first-order chi connectivity index (χ1) is 10.1. The van der Waals surface area contributed by atoms with Crippen molar-refractivity contribution in [3.05, 3.63) is 28.2 Å². The van der Waals surface area contributed by atoms with Crippen LogP contribution in [0.4, 0.5) is 0 Å². The van der Waals surface area contributed by atoms with Gasteiger partial charge in [-0.3, -0.25) is 4.79 Å². The van der Waals surface area contributed by atoms with Crippen molar-refractivity contribution in [2.45, 2.75) is 51.1 Å². The van der Waals surface area contributed by atoms with Gasteiger partial charge in [0.15, 0.2) is 0 Å². The molecule has 2 rings (SSSR count). The van der Waals surface area contributed by atoms with Gasteiger partial charge in [0.25, 0.3) is 0 Å². The van der Waals surface area contributed by atoms with Gasteiger partial charge in [-0.25, -0.2) is 0 Å². The Morgan fingerprint density at radius 1 is 1.52 bits per heavy atom. The summed E-state index contributed by atoms with van der Waals surface area (Å²) in [6, 6.07) is 6.44. The molecule has 1 saturated carbocycles. The number of amides is 1. The molecule has 21 heavy (non-hydrogen) atoms. The highest BCUT2D eigenvalue weighted by Crippen LogP contribution is 2.24. The summed E-state index contributed by atoms with van der Waals surface area (Å²) in [5, 5.41) is 2.95. The summed E-state index contributed by atoms with van der Waals surface area (Å²) >= 11 is 3.54. The number of rotatable bonds is 8. The largest absolute Gasteiger partial charge is 0.493 e. The number of hydrogen-bond donors (Lipinski definition) is 2. The molecule has 1 fully saturated rings. The Labute approximate surface area is 134 Å². The average molecular weight is 355 g/mol. The van der Waals surface area contributed by atoms with E-state index in [0.717, 1.165) is 41.5 Å². The quantitative estimate of drug-likeness (QED) is 0.754. The van der Waals surface area contributed by atoms with Crippen molar-refractivity contribution in [1.82, 2.24) is 5.32 Å². The molecule has 0 aliphatic heterocycles. The molecule has 1 amide bonds. The van der Waals surface area contributed by atoms with Crippen LogP contribution in [0.1, 0.15) is 38.2 Å². The number of carbonyl (C=O) groups excluding carboxylic acids is 1. The molecule has 1 aliphatic carbocycles. The molecule has 1 aromatic rings. The number of ether oxygens (including phenoxy) is 1. The summed E-state index contributed by atoms with van der Waals surface area (Å²) in [6.45, 7) is 2.48. The summed E-state index contributed by atoms with van der Waals surface area (Å²) in [5.74, 6) is 0.860. The molecule has 116 valence electrons. The summed E-state index contributed by atoms with van der Waals surface area (Å²) in [5.41, 5.74) is 7.14. The minimum atomic E-state index is 0.0721. The Balaban J connectivity index is 1.81. The number of halogens is 1. The number of hydrogen-bond acceptors (Lipinski definition) is 3. The Morgan fingerprint density at radius 2 is 2.29 bits per heavy atom. The van der Waals surface area contributed by atoms with Gasteiger partial charge in [0, 0.05) is 16.6 Å². The summed E-state index contributed by atoms with van der Waals surface area (Å²) in [6.07, 6.45) is 4.38. The van der Waals surface area contributed by atoms with Crippen LogP contribution in [-0.2, 0) is 11.2 Å². The fourth-order valence-electron chi connectivity index (χ4n) is 2.01. The first-order valence-corrected chi connectivity index (χ1v) is 8.34. The van der Waals surface area contributed by atoms with E-state index in [0.29, 0.717) is 19.1 Å². The lowest BCUT2D eigenvalue weighted by molar-refractivity contribution is -0.121. The first-order valence-electron chi connectivity index (χ1n) is 7.54. The molecule has 3 N–H and O–H groups in total. The van der Waals surface area contributed by atoms with E-state index < -0.39 is 0 Å². The standard InChI is InChI=1S/C16H23BrN2O2/c1-2-12(18)9-11-10-14(5-6-15(11)17)21-8-7-16(20)19-13-3-4-13/h5-6,10,12-13H,2-4,7-9,18H2,1H3,(H,19,20). The van der Waals surface area contributed by atoms with Crippen molar-refractivity contribution in [2.75, 3.05) is 6.61 Å². The highest BCUT2D eigenvalue weighted by Gasteiger charge is 2.22. The van der Waals surface area contributed by atoms with Crippen LogP contribution in [-0.4, -0.2) is 24.6 Å². The minimum absolute atomic E-state index is 0.0721. The maximum absolute atomic E-state index is 11.6. The van der Waals surface area contributed by atoms with Crippen molar-refractivity contribution in [2.24, 2.45) is 5.73 Å². The molecule has 0 heterocycles. The molecule has 5 heteroatoms. The van der Waals surface area contributed by atoms with Crippen LogP contribution in [0.5, 0.6) is 5.75 Å². The molecule has 1 atom stereocenters. The predicted octanol–water partition coefficient (Wildman–Crippen LogP) is 2.78. The summed E-state index contributed by atoms with van der Waals surface area (Å²) in [7, 11) is 0. The van der Waals surface area contributed by atoms with E-state index in [4.69, 9.17) is 10.5 Å². The van der Waals surface area contributed by atoms with Crippen molar-refractivity contribution in [3.8, 4) is 5.75 Å². The Kier molecular flexibility index (Phi) is 6.06. The third-order valence-electron chi connectivity index (χ3n) is 3.56. The van der Waals surface area contributed by atoms with Crippen LogP contribution in [0.3, 0.4) is 0 Å². The van der Waals surface area contributed by atoms with Crippen LogP contribution in [0.15, 0.2) is 22.7 Å². The second-order valence-electron chi connectivity index (χ2n) is 5.57. The molecule has 0 aromatic heterocycles. The van der Waals surface area contributed by atoms with Gasteiger partial charge in [0.1, 0.15) is 5.75 Å². The number of nitrogens with one attached hydrogen (secondary N) is 1. The normalized spacial score (nSPS) is 15.6. The average Bonchev–Trinajstić information content (AvgIpc) is 3.26. The molecule has 0 bridgehead atoms. The van der Waals surface area contributed by atoms with Crippen molar-refractivity contribution in [3.63, 3.8) is 0 Å². The zero-order valence-electron chi connectivity index (χ0n) is 12.4. The fourth-order valence-corrected chi connectivity index (χ4v) is 2.42. The highest BCUT2D eigenvalue weighted by atomic mass is 79.9. The smallest absolute Gasteiger partial charge is 0.223 e. The molecule has 1 unspecified atom stereocenters. The van der Waals surface area contributed by atoms with Crippen LogP contribution in [0.25, 0.3) is 0 Å². The van der Waals surface area contributed by atoms with Crippen LogP contribution >= 0.6 is 15.9 Å². The number of benzene rings is 1. The van der Waals surface area contributed by atoms with Crippen molar-refractivity contribution in [1.29, 1.82) is 0 Å². The van der Waals surface area contributed by atoms with Crippen LogP contribution < -0.4 is 15.8 Å². The Hall–Kier alpha value is -1.07. The third kappa shape index (κ3) is 5.67. The minimum Gasteiger partial charge on any atom is -0.493 e. The molecule has 4 nitrogen and oxygen atoms in total. The second kappa shape index (κ2) is 7.80. The fraction of sp³-hybridized carbons (Fsp3) is 0.562. The van der Waals surface area contributed by atoms with Crippen LogP contribution in [0, 0.1) is 0 Å². The zero-order valence-corrected chi connectivity index (χ0v) is 14.0. The number of nitrogens with two attached hydrogens (primary N) is 1. The zero-order chi connectivity index (χ0) is 15.2. The molecular formula is C16H23BrN2O2. The monoisotopic (exact) mass is 354 g/mol. The van der Waals surface area contributed by atoms with Gasteiger partial charge in [-0.1, -0.05) is 22.9 Å². The van der Waals surface area contributed by atoms with E-state index in [-0.39, 0.29) is 11.9 Å². The lowest BCUT2D eigenvalue weighted by Gasteiger charge is -2.13. The van der Waals surface area contributed by atoms with E-state index in [1.165, 1.54) is 0 Å². The molecule has 1 aromatic carbocycles. The lowest BCUT2D eigenvalue weighted by atomic mass is 10.0. The van der Waals surface area contributed by atoms with Gasteiger partial charge < -0.3 is 15.8 Å². The van der Waals surface area contributed by atoms with Gasteiger partial charge >= 0.3 is 0 Å². The van der Waals surface area contributed by atoms with Gasteiger partial charge in [-0.15, -0.1) is 0 Å². The van der Waals surface area contributed by atoms with Crippen LogP contribution in [0.2, 0.25) is 0 Å². The maximum atomic E-state index is 11.6. The molecular weight excluding hydrogens is 332 g/mol. The van der Waals surface area contributed by atoms with Gasteiger partial charge in [-0.2, -0.15) is 0 Å². The van der Waals surface area contributed by atoms with Crippen molar-refractivity contribution >= 4 is 21.8 Å². The second-order valence-corrected chi connectivity index (χ2v) is 6.42. The van der Waals surface area contributed by atoms with Crippen molar-refractivity contribution < 1.29 is 9.53 Å². The lowest BCUT2D eigenvalue weighted by Crippen LogP contribution is -2.26. The maximum Gasteiger partial charge on any atom is 0.223 e. The summed E-state index contributed by atoms with van der Waals surface area (Å²) in [4.78, 5) is 11.6. The van der Waals surface area contributed by atoms with E-state index in [2.05, 4.69) is 28.2 Å². The highest BCUT2D eigenvalue weighted by molar-refractivity contribution is 9.10. The molecule has 1 aliphatic rings. The third-order valence-corrected chi connectivity index (χ3v) is 4.34. The summed E-state index contributed by atoms with van der Waals surface area (Å²) < 4.78 is 6.71. The Morgan fingerprint density at radius 3 is 2.95 bits per heavy atom. The van der Waals surface area contributed by atoms with Gasteiger partial charge in [0.05, 0.1) is 13.0 Å². The van der Waals surface area contributed by atoms with E-state index in [1.807, 2.05) is 18.2 Å².